The van der Waals surface area contributed by atoms with Gasteiger partial charge in [-0.2, -0.15) is 8.78 Å². The van der Waals surface area contributed by atoms with Gasteiger partial charge in [0.1, 0.15) is 5.82 Å². The lowest BCUT2D eigenvalue weighted by Crippen LogP contribution is -2.10. The Balaban J connectivity index is 1.66. The third-order valence-corrected chi connectivity index (χ3v) is 5.64. The van der Waals surface area contributed by atoms with Crippen LogP contribution in [0, 0.1) is 0 Å². The molecule has 1 unspecified atom stereocenters. The van der Waals surface area contributed by atoms with Crippen molar-refractivity contribution in [1.82, 2.24) is 29.8 Å². The topological polar surface area (TPSA) is 61.4 Å². The van der Waals surface area contributed by atoms with Crippen LogP contribution in [-0.2, 0) is 0 Å². The standard InChI is InChI=1S/C16H18F2N6S/c1-10(25-16-20-21-22-24(16)11-6-2-3-7-11)14-19-12-8-4-5-9-13(12)23(14)15(17)18/h4-5,8-11,15H,2-3,6-7H2,1H3. The molecule has 2 heterocycles. The van der Waals surface area contributed by atoms with E-state index in [9.17, 15) is 8.78 Å². The lowest BCUT2D eigenvalue weighted by molar-refractivity contribution is 0.0715. The molecular weight excluding hydrogens is 346 g/mol. The molecule has 132 valence electrons. The van der Waals surface area contributed by atoms with Crippen molar-refractivity contribution in [1.29, 1.82) is 0 Å². The van der Waals surface area contributed by atoms with Gasteiger partial charge in [0, 0.05) is 0 Å². The minimum atomic E-state index is -2.64. The van der Waals surface area contributed by atoms with Gasteiger partial charge in [0.25, 0.3) is 0 Å². The van der Waals surface area contributed by atoms with Gasteiger partial charge >= 0.3 is 6.55 Å². The lowest BCUT2D eigenvalue weighted by atomic mass is 10.3. The first kappa shape index (κ1) is 16.4. The maximum atomic E-state index is 13.6. The maximum absolute atomic E-state index is 13.6. The first-order valence-corrected chi connectivity index (χ1v) is 9.22. The number of rotatable bonds is 5. The van der Waals surface area contributed by atoms with Crippen LogP contribution in [0.2, 0.25) is 0 Å². The van der Waals surface area contributed by atoms with Crippen LogP contribution < -0.4 is 0 Å². The molecule has 1 aliphatic rings. The summed E-state index contributed by atoms with van der Waals surface area (Å²) < 4.78 is 30.1. The van der Waals surface area contributed by atoms with Gasteiger partial charge in [0.05, 0.1) is 22.3 Å². The van der Waals surface area contributed by atoms with Gasteiger partial charge in [-0.05, 0) is 42.3 Å². The SMILES string of the molecule is CC(Sc1nnnn1C1CCCC1)c1nc2ccccc2n1C(F)F. The van der Waals surface area contributed by atoms with E-state index in [0.29, 0.717) is 28.1 Å². The molecule has 3 aromatic rings. The third kappa shape index (κ3) is 3.01. The average molecular weight is 364 g/mol. The number of hydrogen-bond donors (Lipinski definition) is 0. The third-order valence-electron chi connectivity index (χ3n) is 4.60. The second-order valence-corrected chi connectivity index (χ2v) is 7.52. The van der Waals surface area contributed by atoms with Crippen LogP contribution in [0.15, 0.2) is 29.4 Å². The van der Waals surface area contributed by atoms with Gasteiger partial charge < -0.3 is 0 Å². The minimum absolute atomic E-state index is 0.299. The molecule has 0 saturated heterocycles. The maximum Gasteiger partial charge on any atom is 0.320 e. The molecule has 0 amide bonds. The lowest BCUT2D eigenvalue weighted by Gasteiger charge is -2.15. The smallest absolute Gasteiger partial charge is 0.269 e. The van der Waals surface area contributed by atoms with Gasteiger partial charge in [0.15, 0.2) is 0 Å². The second-order valence-electron chi connectivity index (χ2n) is 6.21. The van der Waals surface area contributed by atoms with Gasteiger partial charge in [-0.1, -0.05) is 36.7 Å². The first-order valence-electron chi connectivity index (χ1n) is 8.34. The molecular formula is C16H18F2N6S. The predicted molar refractivity (Wildman–Crippen MR) is 90.6 cm³/mol. The highest BCUT2D eigenvalue weighted by Crippen LogP contribution is 2.39. The van der Waals surface area contributed by atoms with Gasteiger partial charge in [0.2, 0.25) is 5.16 Å². The van der Waals surface area contributed by atoms with E-state index in [-0.39, 0.29) is 5.25 Å². The molecule has 6 nitrogen and oxygen atoms in total. The summed E-state index contributed by atoms with van der Waals surface area (Å²) in [5.74, 6) is 0.335. The van der Waals surface area contributed by atoms with Gasteiger partial charge in [-0.3, -0.25) is 4.57 Å². The Morgan fingerprint density at radius 2 is 1.96 bits per heavy atom. The Hall–Kier alpha value is -2.03. The largest absolute Gasteiger partial charge is 0.320 e. The number of para-hydroxylation sites is 2. The fourth-order valence-electron chi connectivity index (χ4n) is 3.41. The Bertz CT molecular complexity index is 871. The number of benzene rings is 1. The summed E-state index contributed by atoms with van der Waals surface area (Å²) in [6.45, 7) is -0.783. The summed E-state index contributed by atoms with van der Waals surface area (Å²) in [4.78, 5) is 4.43. The molecule has 0 radical (unpaired) electrons. The zero-order valence-corrected chi connectivity index (χ0v) is 14.5. The van der Waals surface area contributed by atoms with Crippen LogP contribution >= 0.6 is 11.8 Å². The van der Waals surface area contributed by atoms with E-state index in [4.69, 9.17) is 0 Å². The molecule has 0 spiro atoms. The van der Waals surface area contributed by atoms with E-state index in [0.717, 1.165) is 17.4 Å². The Kier molecular flexibility index (Phi) is 4.41. The van der Waals surface area contributed by atoms with E-state index in [1.54, 1.807) is 24.3 Å². The molecule has 1 fully saturated rings. The zero-order valence-electron chi connectivity index (χ0n) is 13.7. The van der Waals surface area contributed by atoms with Crippen molar-refractivity contribution >= 4 is 22.8 Å². The summed E-state index contributed by atoms with van der Waals surface area (Å²) >= 11 is 1.37. The normalized spacial score (nSPS) is 17.0. The van der Waals surface area contributed by atoms with Gasteiger partial charge in [-0.15, -0.1) is 5.10 Å². The van der Waals surface area contributed by atoms with Crippen LogP contribution in [-0.4, -0.2) is 29.8 Å². The quantitative estimate of drug-likeness (QED) is 0.629. The number of imidazole rings is 1. The highest BCUT2D eigenvalue weighted by atomic mass is 32.2. The molecule has 1 saturated carbocycles. The number of aromatic nitrogens is 6. The zero-order chi connectivity index (χ0) is 17.4. The number of halogens is 2. The van der Waals surface area contributed by atoms with E-state index < -0.39 is 6.55 Å². The van der Waals surface area contributed by atoms with E-state index in [1.807, 2.05) is 11.6 Å². The molecule has 9 heteroatoms. The summed E-state index contributed by atoms with van der Waals surface area (Å²) in [5.41, 5.74) is 1.01. The van der Waals surface area contributed by atoms with E-state index >= 15 is 0 Å². The number of fused-ring (bicyclic) bond motifs is 1. The average Bonchev–Trinajstić information content (AvgIpc) is 3.32. The second kappa shape index (κ2) is 6.70. The number of nitrogens with zero attached hydrogens (tertiary/aromatic N) is 6. The summed E-state index contributed by atoms with van der Waals surface area (Å²) in [6.07, 6.45) is 4.46. The van der Waals surface area contributed by atoms with Crippen molar-refractivity contribution in [2.45, 2.75) is 55.6 Å². The van der Waals surface area contributed by atoms with Crippen molar-refractivity contribution in [3.63, 3.8) is 0 Å². The highest BCUT2D eigenvalue weighted by Gasteiger charge is 2.26. The number of alkyl halides is 2. The minimum Gasteiger partial charge on any atom is -0.269 e. The fourth-order valence-corrected chi connectivity index (χ4v) is 4.37. The van der Waals surface area contributed by atoms with Crippen LogP contribution in [0.4, 0.5) is 8.78 Å². The van der Waals surface area contributed by atoms with Crippen molar-refractivity contribution in [3.8, 4) is 0 Å². The summed E-state index contributed by atoms with van der Waals surface area (Å²) in [5, 5.41) is 12.3. The highest BCUT2D eigenvalue weighted by molar-refractivity contribution is 7.99. The van der Waals surface area contributed by atoms with Crippen molar-refractivity contribution < 1.29 is 8.78 Å². The molecule has 0 aliphatic heterocycles. The van der Waals surface area contributed by atoms with Crippen molar-refractivity contribution in [2.24, 2.45) is 0 Å². The molecule has 4 rings (SSSR count). The molecule has 1 atom stereocenters. The predicted octanol–water partition coefficient (Wildman–Crippen LogP) is 4.39. The summed E-state index contributed by atoms with van der Waals surface area (Å²) in [6, 6.07) is 7.26. The number of thioether (sulfide) groups is 1. The molecule has 0 bridgehead atoms. The van der Waals surface area contributed by atoms with E-state index in [2.05, 4.69) is 20.5 Å². The fraction of sp³-hybridized carbons (Fsp3) is 0.500. The first-order chi connectivity index (χ1) is 12.1. The molecule has 25 heavy (non-hydrogen) atoms. The van der Waals surface area contributed by atoms with Crippen LogP contribution in [0.1, 0.15) is 56.3 Å². The molecule has 1 aliphatic carbocycles. The Morgan fingerprint density at radius 1 is 1.20 bits per heavy atom. The molecule has 0 N–H and O–H groups in total. The number of tetrazole rings is 1. The van der Waals surface area contributed by atoms with Crippen molar-refractivity contribution in [3.05, 3.63) is 30.1 Å². The number of hydrogen-bond acceptors (Lipinski definition) is 5. The Morgan fingerprint density at radius 3 is 2.72 bits per heavy atom. The monoisotopic (exact) mass is 364 g/mol. The van der Waals surface area contributed by atoms with Crippen LogP contribution in [0.25, 0.3) is 11.0 Å². The van der Waals surface area contributed by atoms with E-state index in [1.165, 1.54) is 24.6 Å². The van der Waals surface area contributed by atoms with Crippen LogP contribution in [0.5, 0.6) is 0 Å². The molecule has 1 aromatic carbocycles. The summed E-state index contributed by atoms with van der Waals surface area (Å²) in [7, 11) is 0. The Labute approximate surface area is 147 Å². The van der Waals surface area contributed by atoms with Gasteiger partial charge in [-0.25, -0.2) is 9.67 Å². The molecule has 2 aromatic heterocycles. The van der Waals surface area contributed by atoms with Crippen LogP contribution in [0.3, 0.4) is 0 Å². The van der Waals surface area contributed by atoms with Crippen molar-refractivity contribution in [2.75, 3.05) is 0 Å².